The fourth-order valence-corrected chi connectivity index (χ4v) is 1.52. The van der Waals surface area contributed by atoms with Gasteiger partial charge in [-0.15, -0.1) is 0 Å². The third-order valence-electron chi connectivity index (χ3n) is 2.72. The average molecular weight is 326 g/mol. The summed E-state index contributed by atoms with van der Waals surface area (Å²) in [4.78, 5) is 35.8. The van der Waals surface area contributed by atoms with Crippen molar-refractivity contribution in [1.29, 1.82) is 0 Å². The first-order valence-corrected chi connectivity index (χ1v) is 6.95. The number of nitrogens with zero attached hydrogens (tertiary/aromatic N) is 1. The van der Waals surface area contributed by atoms with E-state index in [9.17, 15) is 18.8 Å². The summed E-state index contributed by atoms with van der Waals surface area (Å²) in [6.07, 6.45) is 0. The number of ether oxygens (including phenoxy) is 2. The number of hydrogen-bond acceptors (Lipinski definition) is 5. The van der Waals surface area contributed by atoms with Gasteiger partial charge in [0.1, 0.15) is 12.4 Å². The van der Waals surface area contributed by atoms with Gasteiger partial charge in [-0.25, -0.2) is 9.18 Å². The molecule has 0 unspecified atom stereocenters. The lowest BCUT2D eigenvalue weighted by Gasteiger charge is -2.16. The third kappa shape index (κ3) is 7.37. The van der Waals surface area contributed by atoms with Crippen LogP contribution in [-0.2, 0) is 23.9 Å². The van der Waals surface area contributed by atoms with Crippen molar-refractivity contribution in [2.75, 3.05) is 38.7 Å². The maximum absolute atomic E-state index is 12.8. The molecule has 0 aliphatic carbocycles. The molecule has 2 amide bonds. The van der Waals surface area contributed by atoms with Crippen LogP contribution in [0.2, 0.25) is 0 Å². The number of hydrogen-bond donors (Lipinski definition) is 1. The van der Waals surface area contributed by atoms with Crippen molar-refractivity contribution in [2.24, 2.45) is 0 Å². The zero-order chi connectivity index (χ0) is 17.2. The quantitative estimate of drug-likeness (QED) is 0.714. The minimum absolute atomic E-state index is 0.223. The molecule has 8 heteroatoms. The van der Waals surface area contributed by atoms with Crippen LogP contribution in [0.3, 0.4) is 0 Å². The summed E-state index contributed by atoms with van der Waals surface area (Å²) in [5, 5.41) is 2.52. The molecule has 1 aromatic carbocycles. The number of carbonyl (C=O) groups is 3. The van der Waals surface area contributed by atoms with E-state index >= 15 is 0 Å². The minimum atomic E-state index is -0.649. The predicted molar refractivity (Wildman–Crippen MR) is 80.1 cm³/mol. The summed E-state index contributed by atoms with van der Waals surface area (Å²) in [7, 11) is 1.41. The van der Waals surface area contributed by atoms with Crippen LogP contribution in [0.1, 0.15) is 6.92 Å². The van der Waals surface area contributed by atoms with Crippen molar-refractivity contribution in [2.45, 2.75) is 6.92 Å². The molecule has 0 heterocycles. The van der Waals surface area contributed by atoms with Crippen LogP contribution in [0.5, 0.6) is 0 Å². The summed E-state index contributed by atoms with van der Waals surface area (Å²) in [5.41, 5.74) is 0.417. The van der Waals surface area contributed by atoms with Gasteiger partial charge in [0.05, 0.1) is 6.54 Å². The zero-order valence-corrected chi connectivity index (χ0v) is 13.0. The van der Waals surface area contributed by atoms with Gasteiger partial charge in [-0.05, 0) is 31.2 Å². The van der Waals surface area contributed by atoms with Gasteiger partial charge in [0.2, 0.25) is 5.91 Å². The first kappa shape index (κ1) is 18.6. The molecule has 0 saturated carbocycles. The molecule has 23 heavy (non-hydrogen) atoms. The monoisotopic (exact) mass is 326 g/mol. The van der Waals surface area contributed by atoms with Gasteiger partial charge in [-0.2, -0.15) is 0 Å². The fraction of sp³-hybridized carbons (Fsp3) is 0.400. The number of amides is 2. The number of rotatable bonds is 8. The van der Waals surface area contributed by atoms with E-state index < -0.39 is 30.2 Å². The second-order valence-electron chi connectivity index (χ2n) is 4.60. The lowest BCUT2D eigenvalue weighted by molar-refractivity contribution is -0.155. The largest absolute Gasteiger partial charge is 0.454 e. The van der Waals surface area contributed by atoms with Gasteiger partial charge in [0.25, 0.3) is 5.91 Å². The van der Waals surface area contributed by atoms with Crippen molar-refractivity contribution in [3.63, 3.8) is 0 Å². The van der Waals surface area contributed by atoms with Gasteiger partial charge in [-0.3, -0.25) is 9.59 Å². The highest BCUT2D eigenvalue weighted by molar-refractivity contribution is 5.94. The summed E-state index contributed by atoms with van der Waals surface area (Å²) < 4.78 is 22.3. The number of nitrogens with one attached hydrogen (secondary N) is 1. The molecule has 0 radical (unpaired) electrons. The van der Waals surface area contributed by atoms with Crippen molar-refractivity contribution in [3.8, 4) is 0 Å². The Balaban J connectivity index is 2.34. The van der Waals surface area contributed by atoms with Crippen LogP contribution in [0, 0.1) is 5.82 Å². The Labute approximate surface area is 133 Å². The van der Waals surface area contributed by atoms with Gasteiger partial charge < -0.3 is 19.7 Å². The van der Waals surface area contributed by atoms with Crippen molar-refractivity contribution in [1.82, 2.24) is 4.90 Å². The molecule has 0 saturated heterocycles. The second-order valence-corrected chi connectivity index (χ2v) is 4.60. The van der Waals surface area contributed by atoms with Crippen LogP contribution in [0.15, 0.2) is 24.3 Å². The highest BCUT2D eigenvalue weighted by atomic mass is 19.1. The Morgan fingerprint density at radius 2 is 1.83 bits per heavy atom. The van der Waals surface area contributed by atoms with Crippen molar-refractivity contribution < 1.29 is 28.2 Å². The topological polar surface area (TPSA) is 84.9 Å². The number of carbonyl (C=O) groups excluding carboxylic acids is 3. The molecule has 0 fully saturated rings. The number of benzene rings is 1. The molecular formula is C15H19FN2O5. The van der Waals surface area contributed by atoms with E-state index in [4.69, 9.17) is 9.47 Å². The molecule has 126 valence electrons. The van der Waals surface area contributed by atoms with E-state index in [1.165, 1.54) is 31.3 Å². The van der Waals surface area contributed by atoms with Crippen LogP contribution in [-0.4, -0.2) is 56.1 Å². The van der Waals surface area contributed by atoms with Gasteiger partial charge >= 0.3 is 5.97 Å². The predicted octanol–water partition coefficient (Wildman–Crippen LogP) is 0.802. The Kier molecular flexibility index (Phi) is 7.69. The van der Waals surface area contributed by atoms with Crippen molar-refractivity contribution in [3.05, 3.63) is 30.1 Å². The molecule has 0 aliphatic heterocycles. The summed E-state index contributed by atoms with van der Waals surface area (Å²) in [6, 6.07) is 5.24. The Hall–Kier alpha value is -2.48. The number of halogens is 1. The highest BCUT2D eigenvalue weighted by Crippen LogP contribution is 2.08. The van der Waals surface area contributed by atoms with E-state index in [1.807, 2.05) is 0 Å². The lowest BCUT2D eigenvalue weighted by Crippen LogP contribution is -2.37. The van der Waals surface area contributed by atoms with E-state index in [1.54, 1.807) is 6.92 Å². The van der Waals surface area contributed by atoms with E-state index in [-0.39, 0.29) is 13.2 Å². The third-order valence-corrected chi connectivity index (χ3v) is 2.72. The first-order chi connectivity index (χ1) is 10.9. The van der Waals surface area contributed by atoms with Gasteiger partial charge in [0, 0.05) is 19.3 Å². The van der Waals surface area contributed by atoms with Crippen molar-refractivity contribution >= 4 is 23.5 Å². The number of esters is 1. The Morgan fingerprint density at radius 1 is 1.17 bits per heavy atom. The van der Waals surface area contributed by atoms with E-state index in [0.717, 1.165) is 4.90 Å². The maximum atomic E-state index is 12.8. The number of likely N-dealkylation sites (N-methyl/N-ethyl adjacent to an activating group) is 1. The fourth-order valence-electron chi connectivity index (χ4n) is 1.52. The van der Waals surface area contributed by atoms with Gasteiger partial charge in [-0.1, -0.05) is 0 Å². The molecule has 0 aliphatic rings. The summed E-state index contributed by atoms with van der Waals surface area (Å²) in [5.74, 6) is -2.04. The normalized spacial score (nSPS) is 10.0. The smallest absolute Gasteiger partial charge is 0.332 e. The van der Waals surface area contributed by atoms with Crippen LogP contribution in [0.25, 0.3) is 0 Å². The zero-order valence-electron chi connectivity index (χ0n) is 13.0. The lowest BCUT2D eigenvalue weighted by atomic mass is 10.3. The van der Waals surface area contributed by atoms with E-state index in [2.05, 4.69) is 5.32 Å². The number of anilines is 1. The molecule has 1 rings (SSSR count). The Bertz CT molecular complexity index is 547. The first-order valence-electron chi connectivity index (χ1n) is 6.95. The molecule has 0 bridgehead atoms. The molecule has 0 aromatic heterocycles. The standard InChI is InChI=1S/C15H19FN2O5/c1-3-22-10-15(21)23-9-14(20)18(2)8-13(19)17-12-6-4-11(16)5-7-12/h4-7H,3,8-10H2,1-2H3,(H,17,19). The molecule has 1 N–H and O–H groups in total. The summed E-state index contributed by atoms with van der Waals surface area (Å²) in [6.45, 7) is 1.18. The molecule has 1 aromatic rings. The van der Waals surface area contributed by atoms with Crippen LogP contribution >= 0.6 is 0 Å². The average Bonchev–Trinajstić information content (AvgIpc) is 2.52. The second kappa shape index (κ2) is 9.52. The van der Waals surface area contributed by atoms with E-state index in [0.29, 0.717) is 12.3 Å². The summed E-state index contributed by atoms with van der Waals surface area (Å²) >= 11 is 0. The SMILES string of the molecule is CCOCC(=O)OCC(=O)N(C)CC(=O)Nc1ccc(F)cc1. The molecular weight excluding hydrogens is 307 g/mol. The minimum Gasteiger partial charge on any atom is -0.454 e. The molecule has 0 spiro atoms. The van der Waals surface area contributed by atoms with Gasteiger partial charge in [0.15, 0.2) is 6.61 Å². The Morgan fingerprint density at radius 3 is 2.43 bits per heavy atom. The highest BCUT2D eigenvalue weighted by Gasteiger charge is 2.15. The maximum Gasteiger partial charge on any atom is 0.332 e. The van der Waals surface area contributed by atoms with Crippen LogP contribution in [0.4, 0.5) is 10.1 Å². The van der Waals surface area contributed by atoms with Crippen LogP contribution < -0.4 is 5.32 Å². The molecule has 0 atom stereocenters. The molecule has 7 nitrogen and oxygen atoms in total.